The molecule has 0 amide bonds. The van der Waals surface area contributed by atoms with Crippen LogP contribution < -0.4 is 5.73 Å². The highest BCUT2D eigenvalue weighted by atomic mass is 32.2. The molecule has 0 saturated carbocycles. The Kier molecular flexibility index (Phi) is 5.28. The average Bonchev–Trinajstić information content (AvgIpc) is 2.29. The van der Waals surface area contributed by atoms with E-state index >= 15 is 0 Å². The van der Waals surface area contributed by atoms with Gasteiger partial charge >= 0.3 is 5.97 Å². The summed E-state index contributed by atoms with van der Waals surface area (Å²) < 4.78 is 4.56. The topological polar surface area (TPSA) is 65.2 Å². The van der Waals surface area contributed by atoms with Gasteiger partial charge in [-0.3, -0.25) is 4.79 Å². The van der Waals surface area contributed by atoms with Crippen molar-refractivity contribution in [3.8, 4) is 0 Å². The molecule has 1 aromatic rings. The second-order valence-electron chi connectivity index (χ2n) is 3.39. The van der Waals surface area contributed by atoms with Crippen molar-refractivity contribution < 1.29 is 9.53 Å². The number of ether oxygens (including phenoxy) is 1. The minimum Gasteiger partial charge on any atom is -0.469 e. The van der Waals surface area contributed by atoms with E-state index in [1.807, 2.05) is 19.1 Å². The van der Waals surface area contributed by atoms with Crippen LogP contribution in [0, 0.1) is 0 Å². The standard InChI is InChI=1S/C11H16N2O2S/c1-8(12)9-3-5-13-10(7-9)16-6-4-11(14)15-2/h3,5,7-8H,4,6,12H2,1-2H3. The summed E-state index contributed by atoms with van der Waals surface area (Å²) in [6, 6.07) is 3.85. The smallest absolute Gasteiger partial charge is 0.306 e. The first-order valence-electron chi connectivity index (χ1n) is 5.04. The molecule has 0 fully saturated rings. The van der Waals surface area contributed by atoms with Crippen LogP contribution >= 0.6 is 11.8 Å². The quantitative estimate of drug-likeness (QED) is 0.627. The van der Waals surface area contributed by atoms with E-state index in [1.165, 1.54) is 18.9 Å². The first-order chi connectivity index (χ1) is 7.63. The van der Waals surface area contributed by atoms with E-state index in [9.17, 15) is 4.79 Å². The highest BCUT2D eigenvalue weighted by Gasteiger charge is 2.04. The molecule has 0 spiro atoms. The highest BCUT2D eigenvalue weighted by Crippen LogP contribution is 2.19. The molecule has 5 heteroatoms. The molecule has 2 N–H and O–H groups in total. The summed E-state index contributed by atoms with van der Waals surface area (Å²) in [4.78, 5) is 15.1. The van der Waals surface area contributed by atoms with Gasteiger partial charge in [-0.15, -0.1) is 11.8 Å². The number of carbonyl (C=O) groups is 1. The lowest BCUT2D eigenvalue weighted by molar-refractivity contribution is -0.140. The molecule has 0 aromatic carbocycles. The van der Waals surface area contributed by atoms with E-state index in [1.54, 1.807) is 6.20 Å². The van der Waals surface area contributed by atoms with E-state index in [0.717, 1.165) is 10.6 Å². The maximum atomic E-state index is 10.9. The van der Waals surface area contributed by atoms with Crippen molar-refractivity contribution in [3.63, 3.8) is 0 Å². The van der Waals surface area contributed by atoms with Crippen LogP contribution in [0.15, 0.2) is 23.4 Å². The largest absolute Gasteiger partial charge is 0.469 e. The van der Waals surface area contributed by atoms with Crippen LogP contribution in [0.1, 0.15) is 24.9 Å². The van der Waals surface area contributed by atoms with Gasteiger partial charge in [0, 0.05) is 18.0 Å². The molecular weight excluding hydrogens is 224 g/mol. The van der Waals surface area contributed by atoms with Gasteiger partial charge in [-0.25, -0.2) is 4.98 Å². The number of rotatable bonds is 5. The summed E-state index contributed by atoms with van der Waals surface area (Å²) in [7, 11) is 1.39. The Balaban J connectivity index is 2.48. The van der Waals surface area contributed by atoms with Crippen LogP contribution in [0.2, 0.25) is 0 Å². The predicted molar refractivity (Wildman–Crippen MR) is 64.2 cm³/mol. The molecule has 0 bridgehead atoms. The highest BCUT2D eigenvalue weighted by molar-refractivity contribution is 7.99. The van der Waals surface area contributed by atoms with Crippen LogP contribution in [0.5, 0.6) is 0 Å². The third kappa shape index (κ3) is 4.20. The summed E-state index contributed by atoms with van der Waals surface area (Å²) in [6.45, 7) is 1.93. The Bertz CT molecular complexity index is 356. The van der Waals surface area contributed by atoms with Crippen LogP contribution in [-0.4, -0.2) is 23.8 Å². The predicted octanol–water partition coefficient (Wildman–Crippen LogP) is 1.76. The Morgan fingerprint density at radius 1 is 1.69 bits per heavy atom. The zero-order valence-corrected chi connectivity index (χ0v) is 10.3. The molecule has 4 nitrogen and oxygen atoms in total. The number of methoxy groups -OCH3 is 1. The fourth-order valence-corrected chi connectivity index (χ4v) is 1.96. The first-order valence-corrected chi connectivity index (χ1v) is 6.03. The lowest BCUT2D eigenvalue weighted by Crippen LogP contribution is -2.05. The zero-order chi connectivity index (χ0) is 12.0. The van der Waals surface area contributed by atoms with Crippen LogP contribution in [0.3, 0.4) is 0 Å². The van der Waals surface area contributed by atoms with Crippen molar-refractivity contribution in [2.45, 2.75) is 24.4 Å². The molecule has 1 atom stereocenters. The van der Waals surface area contributed by atoms with Gasteiger partial charge in [0.2, 0.25) is 0 Å². The molecule has 1 rings (SSSR count). The number of aromatic nitrogens is 1. The number of carbonyl (C=O) groups excluding carboxylic acids is 1. The van der Waals surface area contributed by atoms with Gasteiger partial charge in [-0.05, 0) is 24.6 Å². The number of hydrogen-bond acceptors (Lipinski definition) is 5. The van der Waals surface area contributed by atoms with E-state index in [0.29, 0.717) is 12.2 Å². The maximum Gasteiger partial charge on any atom is 0.306 e. The van der Waals surface area contributed by atoms with Crippen molar-refractivity contribution in [1.29, 1.82) is 0 Å². The summed E-state index contributed by atoms with van der Waals surface area (Å²) in [6.07, 6.45) is 2.13. The van der Waals surface area contributed by atoms with Gasteiger partial charge in [-0.2, -0.15) is 0 Å². The second kappa shape index (κ2) is 6.50. The van der Waals surface area contributed by atoms with Gasteiger partial charge in [0.05, 0.1) is 18.6 Å². The Labute approximate surface area is 99.6 Å². The van der Waals surface area contributed by atoms with Crippen molar-refractivity contribution >= 4 is 17.7 Å². The van der Waals surface area contributed by atoms with Crippen molar-refractivity contribution in [3.05, 3.63) is 23.9 Å². The van der Waals surface area contributed by atoms with E-state index in [-0.39, 0.29) is 12.0 Å². The number of esters is 1. The number of nitrogens with two attached hydrogens (primary N) is 1. The Morgan fingerprint density at radius 2 is 2.44 bits per heavy atom. The first kappa shape index (κ1) is 13.0. The number of hydrogen-bond donors (Lipinski definition) is 1. The fourth-order valence-electron chi connectivity index (χ4n) is 1.13. The molecule has 1 aromatic heterocycles. The molecular formula is C11H16N2O2S. The lowest BCUT2D eigenvalue weighted by atomic mass is 10.1. The fraction of sp³-hybridized carbons (Fsp3) is 0.455. The summed E-state index contributed by atoms with van der Waals surface area (Å²) in [5.74, 6) is 0.470. The molecule has 1 unspecified atom stereocenters. The summed E-state index contributed by atoms with van der Waals surface area (Å²) >= 11 is 1.53. The number of pyridine rings is 1. The Hall–Kier alpha value is -1.07. The molecule has 0 aliphatic carbocycles. The summed E-state index contributed by atoms with van der Waals surface area (Å²) in [5.41, 5.74) is 6.82. The average molecular weight is 240 g/mol. The second-order valence-corrected chi connectivity index (χ2v) is 4.51. The van der Waals surface area contributed by atoms with Gasteiger partial charge in [0.25, 0.3) is 0 Å². The molecule has 0 radical (unpaired) electrons. The van der Waals surface area contributed by atoms with E-state index in [2.05, 4.69) is 9.72 Å². The molecule has 1 heterocycles. The van der Waals surface area contributed by atoms with Gasteiger partial charge in [-0.1, -0.05) is 0 Å². The maximum absolute atomic E-state index is 10.9. The third-order valence-electron chi connectivity index (χ3n) is 2.07. The lowest BCUT2D eigenvalue weighted by Gasteiger charge is -2.06. The minimum absolute atomic E-state index is 0.00274. The third-order valence-corrected chi connectivity index (χ3v) is 3.00. The molecule has 0 aliphatic heterocycles. The normalized spacial score (nSPS) is 12.2. The van der Waals surface area contributed by atoms with Crippen molar-refractivity contribution in [1.82, 2.24) is 4.98 Å². The molecule has 88 valence electrons. The van der Waals surface area contributed by atoms with Crippen molar-refractivity contribution in [2.24, 2.45) is 5.73 Å². The molecule has 0 aliphatic rings. The molecule has 0 saturated heterocycles. The monoisotopic (exact) mass is 240 g/mol. The van der Waals surface area contributed by atoms with Crippen LogP contribution in [0.25, 0.3) is 0 Å². The van der Waals surface area contributed by atoms with Gasteiger partial charge in [0.15, 0.2) is 0 Å². The van der Waals surface area contributed by atoms with E-state index < -0.39 is 0 Å². The van der Waals surface area contributed by atoms with Gasteiger partial charge in [0.1, 0.15) is 0 Å². The van der Waals surface area contributed by atoms with E-state index in [4.69, 9.17) is 5.73 Å². The minimum atomic E-state index is -0.198. The van der Waals surface area contributed by atoms with Gasteiger partial charge < -0.3 is 10.5 Å². The van der Waals surface area contributed by atoms with Crippen LogP contribution in [-0.2, 0) is 9.53 Å². The number of nitrogens with zero attached hydrogens (tertiary/aromatic N) is 1. The zero-order valence-electron chi connectivity index (χ0n) is 9.47. The Morgan fingerprint density at radius 3 is 3.06 bits per heavy atom. The SMILES string of the molecule is COC(=O)CCSc1cc(C(C)N)ccn1. The summed E-state index contributed by atoms with van der Waals surface area (Å²) in [5, 5.41) is 0.888. The molecule has 16 heavy (non-hydrogen) atoms. The van der Waals surface area contributed by atoms with Crippen LogP contribution in [0.4, 0.5) is 0 Å². The van der Waals surface area contributed by atoms with Crippen molar-refractivity contribution in [2.75, 3.05) is 12.9 Å². The number of thioether (sulfide) groups is 1.